The second-order valence-electron chi connectivity index (χ2n) is 8.95. The van der Waals surface area contributed by atoms with Gasteiger partial charge in [0.05, 0.1) is 23.9 Å². The number of aromatic nitrogens is 4. The first-order valence-corrected chi connectivity index (χ1v) is 12.7. The second kappa shape index (κ2) is 11.6. The third-order valence-electron chi connectivity index (χ3n) is 6.60. The highest BCUT2D eigenvalue weighted by Crippen LogP contribution is 2.27. The quantitative estimate of drug-likeness (QED) is 0.462. The molecule has 1 aromatic heterocycles. The number of amides is 2. The van der Waals surface area contributed by atoms with Gasteiger partial charge in [-0.3, -0.25) is 14.5 Å². The summed E-state index contributed by atoms with van der Waals surface area (Å²) < 4.78 is 20.5. The van der Waals surface area contributed by atoms with E-state index in [2.05, 4.69) is 25.7 Å². The largest absolute Gasteiger partial charge is 0.379 e. The van der Waals surface area contributed by atoms with Gasteiger partial charge in [-0.15, -0.1) is 5.10 Å². The van der Waals surface area contributed by atoms with E-state index in [1.54, 1.807) is 29.2 Å². The van der Waals surface area contributed by atoms with Gasteiger partial charge in [0.1, 0.15) is 18.2 Å². The number of morpholine rings is 1. The van der Waals surface area contributed by atoms with E-state index in [1.807, 2.05) is 0 Å². The van der Waals surface area contributed by atoms with Crippen LogP contribution in [0.5, 0.6) is 0 Å². The van der Waals surface area contributed by atoms with E-state index < -0.39 is 11.9 Å². The summed E-state index contributed by atoms with van der Waals surface area (Å²) in [7, 11) is 0. The molecule has 2 fully saturated rings. The Morgan fingerprint density at radius 1 is 1.13 bits per heavy atom. The first-order chi connectivity index (χ1) is 18.4. The Hall–Kier alpha value is -3.38. The molecule has 0 spiro atoms. The predicted molar refractivity (Wildman–Crippen MR) is 140 cm³/mol. The minimum atomic E-state index is -0.734. The smallest absolute Gasteiger partial charge is 0.247 e. The predicted octanol–water partition coefficient (Wildman–Crippen LogP) is 3.06. The van der Waals surface area contributed by atoms with E-state index in [9.17, 15) is 14.0 Å². The lowest BCUT2D eigenvalue weighted by Gasteiger charge is -2.31. The number of hydrogen-bond acceptors (Lipinski definition) is 7. The third kappa shape index (κ3) is 5.86. The average molecular weight is 560 g/mol. The van der Waals surface area contributed by atoms with E-state index in [0.29, 0.717) is 48.1 Å². The number of carbonyl (C=O) groups is 2. The Morgan fingerprint density at radius 3 is 2.68 bits per heavy atom. The fourth-order valence-corrected chi connectivity index (χ4v) is 5.07. The number of ether oxygens (including phenoxy) is 1. The number of nitrogens with one attached hydrogen (secondary N) is 1. The van der Waals surface area contributed by atoms with Crippen LogP contribution in [0, 0.1) is 5.82 Å². The standard InChI is InChI=1S/C25H24Cl2FN7O3/c26-17-2-5-22(35-15-29-31-32-35)16(11-17)1-6-24(36)34-14-19(33-7-9-38-10-8-33)13-23(34)25(37)30-18-3-4-21(28)20(27)12-18/h1-6,11-12,15,19,23H,7-10,13-14H2,(H,30,37)/b6-1+. The van der Waals surface area contributed by atoms with Crippen LogP contribution in [0.3, 0.4) is 0 Å². The van der Waals surface area contributed by atoms with Crippen molar-refractivity contribution in [2.75, 3.05) is 38.2 Å². The van der Waals surface area contributed by atoms with Crippen LogP contribution in [0.15, 0.2) is 48.8 Å². The highest BCUT2D eigenvalue weighted by Gasteiger charge is 2.41. The third-order valence-corrected chi connectivity index (χ3v) is 7.13. The number of likely N-dealkylation sites (tertiary alicyclic amines) is 1. The van der Waals surface area contributed by atoms with Crippen LogP contribution in [0.4, 0.5) is 10.1 Å². The van der Waals surface area contributed by atoms with Gasteiger partial charge in [0.25, 0.3) is 0 Å². The summed E-state index contributed by atoms with van der Waals surface area (Å²) in [6.45, 7) is 3.03. The number of hydrogen-bond donors (Lipinski definition) is 1. The van der Waals surface area contributed by atoms with Gasteiger partial charge in [0.15, 0.2) is 0 Å². The molecule has 2 unspecified atom stereocenters. The summed E-state index contributed by atoms with van der Waals surface area (Å²) in [5.41, 5.74) is 1.62. The van der Waals surface area contributed by atoms with Crippen LogP contribution in [0.25, 0.3) is 11.8 Å². The molecule has 2 aliphatic heterocycles. The molecule has 0 radical (unpaired) electrons. The van der Waals surface area contributed by atoms with Crippen molar-refractivity contribution < 1.29 is 18.7 Å². The number of halogens is 3. The van der Waals surface area contributed by atoms with Gasteiger partial charge in [-0.1, -0.05) is 23.2 Å². The number of nitrogens with zero attached hydrogens (tertiary/aromatic N) is 6. The van der Waals surface area contributed by atoms with Gasteiger partial charge in [-0.05, 0) is 59.3 Å². The maximum Gasteiger partial charge on any atom is 0.247 e. The molecule has 0 bridgehead atoms. The first kappa shape index (κ1) is 26.2. The summed E-state index contributed by atoms with van der Waals surface area (Å²) in [5.74, 6) is -1.29. The fourth-order valence-electron chi connectivity index (χ4n) is 4.71. The molecule has 2 aliphatic rings. The van der Waals surface area contributed by atoms with Crippen LogP contribution in [0.2, 0.25) is 10.0 Å². The lowest BCUT2D eigenvalue weighted by atomic mass is 10.1. The SMILES string of the molecule is O=C(Nc1ccc(F)c(Cl)c1)C1CC(N2CCOCC2)CN1C(=O)/C=C/c1cc(Cl)ccc1-n1cnnn1. The maximum absolute atomic E-state index is 13.6. The van der Waals surface area contributed by atoms with Gasteiger partial charge >= 0.3 is 0 Å². The summed E-state index contributed by atoms with van der Waals surface area (Å²) in [4.78, 5) is 30.6. The molecule has 2 atom stereocenters. The molecule has 2 amide bonds. The molecule has 10 nitrogen and oxygen atoms in total. The van der Waals surface area contributed by atoms with Crippen molar-refractivity contribution in [1.29, 1.82) is 0 Å². The summed E-state index contributed by atoms with van der Waals surface area (Å²) >= 11 is 12.1. The highest BCUT2D eigenvalue weighted by atomic mass is 35.5. The molecule has 3 aromatic rings. The van der Waals surface area contributed by atoms with E-state index >= 15 is 0 Å². The summed E-state index contributed by atoms with van der Waals surface area (Å²) in [6.07, 6.45) is 4.93. The normalized spacial score (nSPS) is 20.2. The zero-order valence-corrected chi connectivity index (χ0v) is 21.6. The zero-order valence-electron chi connectivity index (χ0n) is 20.1. The van der Waals surface area contributed by atoms with Gasteiger partial charge in [0.2, 0.25) is 11.8 Å². The zero-order chi connectivity index (χ0) is 26.6. The van der Waals surface area contributed by atoms with Crippen LogP contribution in [-0.2, 0) is 14.3 Å². The van der Waals surface area contributed by atoms with Crippen molar-refractivity contribution in [3.63, 3.8) is 0 Å². The molecular weight excluding hydrogens is 536 g/mol. The van der Waals surface area contributed by atoms with Crippen molar-refractivity contribution >= 4 is 46.8 Å². The molecule has 5 rings (SSSR count). The van der Waals surface area contributed by atoms with E-state index in [4.69, 9.17) is 27.9 Å². The number of rotatable bonds is 6. The molecule has 0 saturated carbocycles. The molecule has 13 heteroatoms. The summed E-state index contributed by atoms with van der Waals surface area (Å²) in [6, 6.07) is 8.36. The molecule has 198 valence electrons. The Bertz CT molecular complexity index is 1350. The molecule has 3 heterocycles. The monoisotopic (exact) mass is 559 g/mol. The van der Waals surface area contributed by atoms with E-state index in [-0.39, 0.29) is 22.9 Å². The Morgan fingerprint density at radius 2 is 1.95 bits per heavy atom. The minimum absolute atomic E-state index is 0.00763. The van der Waals surface area contributed by atoms with Crippen molar-refractivity contribution in [3.8, 4) is 5.69 Å². The second-order valence-corrected chi connectivity index (χ2v) is 9.80. The van der Waals surface area contributed by atoms with Crippen molar-refractivity contribution in [1.82, 2.24) is 30.0 Å². The number of carbonyl (C=O) groups excluding carboxylic acids is 2. The molecule has 38 heavy (non-hydrogen) atoms. The molecular formula is C25H24Cl2FN7O3. The van der Waals surface area contributed by atoms with Crippen LogP contribution in [-0.4, -0.2) is 86.8 Å². The molecule has 2 saturated heterocycles. The topological polar surface area (TPSA) is 105 Å². The van der Waals surface area contributed by atoms with Crippen LogP contribution >= 0.6 is 23.2 Å². The Balaban J connectivity index is 1.38. The Labute approximate surface area is 227 Å². The van der Waals surface area contributed by atoms with E-state index in [0.717, 1.165) is 13.1 Å². The fraction of sp³-hybridized carbons (Fsp3) is 0.320. The number of tetrazole rings is 1. The highest BCUT2D eigenvalue weighted by molar-refractivity contribution is 6.31. The van der Waals surface area contributed by atoms with Gasteiger partial charge in [-0.25, -0.2) is 4.39 Å². The Kier molecular flexibility index (Phi) is 7.98. The average Bonchev–Trinajstić information content (AvgIpc) is 3.61. The van der Waals surface area contributed by atoms with Crippen molar-refractivity contribution in [2.24, 2.45) is 0 Å². The van der Waals surface area contributed by atoms with E-state index in [1.165, 1.54) is 35.3 Å². The van der Waals surface area contributed by atoms with Gasteiger partial charge < -0.3 is 15.0 Å². The lowest BCUT2D eigenvalue weighted by molar-refractivity contribution is -0.132. The molecule has 2 aromatic carbocycles. The van der Waals surface area contributed by atoms with Crippen LogP contribution < -0.4 is 5.32 Å². The van der Waals surface area contributed by atoms with Crippen LogP contribution in [0.1, 0.15) is 12.0 Å². The van der Waals surface area contributed by atoms with Gasteiger partial charge in [0, 0.05) is 48.0 Å². The van der Waals surface area contributed by atoms with Gasteiger partial charge in [-0.2, -0.15) is 4.68 Å². The van der Waals surface area contributed by atoms with Crippen molar-refractivity contribution in [2.45, 2.75) is 18.5 Å². The summed E-state index contributed by atoms with van der Waals surface area (Å²) in [5, 5.41) is 14.4. The maximum atomic E-state index is 13.6. The lowest BCUT2D eigenvalue weighted by Crippen LogP contribution is -2.45. The number of benzene rings is 2. The minimum Gasteiger partial charge on any atom is -0.379 e. The molecule has 0 aliphatic carbocycles. The van der Waals surface area contributed by atoms with Crippen molar-refractivity contribution in [3.05, 3.63) is 70.2 Å². The first-order valence-electron chi connectivity index (χ1n) is 12.0. The number of anilines is 1. The molecule has 1 N–H and O–H groups in total.